The van der Waals surface area contributed by atoms with Gasteiger partial charge in [-0.15, -0.1) is 0 Å². The molecular weight excluding hydrogens is 305 g/mol. The molecule has 2 aliphatic heterocycles. The van der Waals surface area contributed by atoms with Crippen LogP contribution in [0.3, 0.4) is 0 Å². The van der Waals surface area contributed by atoms with Crippen molar-refractivity contribution in [2.45, 2.75) is 25.9 Å². The maximum Gasteiger partial charge on any atom is 0.151 e. The van der Waals surface area contributed by atoms with E-state index in [1.54, 1.807) is 12.1 Å². The van der Waals surface area contributed by atoms with E-state index >= 15 is 0 Å². The Morgan fingerprint density at radius 3 is 2.50 bits per heavy atom. The van der Waals surface area contributed by atoms with E-state index < -0.39 is 15.4 Å². The normalized spacial score (nSPS) is 23.4. The van der Waals surface area contributed by atoms with Gasteiger partial charge in [0.15, 0.2) is 9.84 Å². The summed E-state index contributed by atoms with van der Waals surface area (Å²) < 4.78 is 41.8. The summed E-state index contributed by atoms with van der Waals surface area (Å²) in [6, 6.07) is 6.02. The zero-order valence-corrected chi connectivity index (χ0v) is 13.8. The molecule has 0 radical (unpaired) electrons. The second-order valence-corrected chi connectivity index (χ2v) is 9.37. The van der Waals surface area contributed by atoms with Gasteiger partial charge < -0.3 is 4.74 Å². The minimum Gasteiger partial charge on any atom is -0.487 e. The van der Waals surface area contributed by atoms with Crippen LogP contribution >= 0.6 is 0 Å². The molecule has 0 saturated carbocycles. The average molecular weight is 327 g/mol. The van der Waals surface area contributed by atoms with Crippen LogP contribution < -0.4 is 4.74 Å². The summed E-state index contributed by atoms with van der Waals surface area (Å²) in [5.74, 6) is 1.02. The van der Waals surface area contributed by atoms with Crippen molar-refractivity contribution in [3.8, 4) is 5.75 Å². The number of nitrogens with zero attached hydrogens (tertiary/aromatic N) is 1. The predicted octanol–water partition coefficient (Wildman–Crippen LogP) is 2.10. The molecule has 1 spiro atoms. The minimum absolute atomic E-state index is 0.0230. The van der Waals surface area contributed by atoms with Crippen LogP contribution in [0.2, 0.25) is 0 Å². The van der Waals surface area contributed by atoms with Gasteiger partial charge in [-0.25, -0.2) is 12.8 Å². The van der Waals surface area contributed by atoms with Crippen LogP contribution in [0.5, 0.6) is 5.75 Å². The molecule has 1 aromatic carbocycles. The Morgan fingerprint density at radius 1 is 1.27 bits per heavy atom. The van der Waals surface area contributed by atoms with Gasteiger partial charge in [-0.05, 0) is 51.1 Å². The van der Waals surface area contributed by atoms with Gasteiger partial charge in [0.2, 0.25) is 0 Å². The largest absolute Gasteiger partial charge is 0.487 e. The van der Waals surface area contributed by atoms with Crippen molar-refractivity contribution < 1.29 is 17.5 Å². The quantitative estimate of drug-likeness (QED) is 0.850. The minimum atomic E-state index is -2.79. The number of rotatable bonds is 4. The van der Waals surface area contributed by atoms with Crippen LogP contribution in [-0.4, -0.2) is 50.1 Å². The number of likely N-dealkylation sites (tertiary alicyclic amines) is 1. The molecule has 3 rings (SSSR count). The Hall–Kier alpha value is -1.14. The standard InChI is InChI=1S/C16H22FNO3S/c1-15(2,21-14-5-3-13(17)4-6-14)9-18-8-7-16(10-18)11-22(19,20)12-16/h3-6H,7-12H2,1-2H3. The molecule has 0 aromatic heterocycles. The van der Waals surface area contributed by atoms with E-state index in [1.807, 2.05) is 13.8 Å². The lowest BCUT2D eigenvalue weighted by atomic mass is 9.91. The summed E-state index contributed by atoms with van der Waals surface area (Å²) in [6.45, 7) is 6.46. The molecular formula is C16H22FNO3S. The Balaban J connectivity index is 1.57. The maximum atomic E-state index is 12.9. The summed E-state index contributed by atoms with van der Waals surface area (Å²) >= 11 is 0. The first-order valence-corrected chi connectivity index (χ1v) is 9.37. The highest BCUT2D eigenvalue weighted by Crippen LogP contribution is 2.41. The van der Waals surface area contributed by atoms with Crippen LogP contribution in [0.25, 0.3) is 0 Å². The van der Waals surface area contributed by atoms with Crippen molar-refractivity contribution in [3.63, 3.8) is 0 Å². The van der Waals surface area contributed by atoms with Gasteiger partial charge in [0, 0.05) is 18.5 Å². The molecule has 2 saturated heterocycles. The third-order valence-electron chi connectivity index (χ3n) is 4.38. The summed E-state index contributed by atoms with van der Waals surface area (Å²) in [5, 5.41) is 0. The molecule has 0 aliphatic carbocycles. The molecule has 0 N–H and O–H groups in total. The first-order valence-electron chi connectivity index (χ1n) is 7.55. The Labute approximate surface area is 131 Å². The van der Waals surface area contributed by atoms with E-state index in [2.05, 4.69) is 4.90 Å². The van der Waals surface area contributed by atoms with E-state index in [4.69, 9.17) is 4.74 Å². The highest BCUT2D eigenvalue weighted by molar-refractivity contribution is 7.92. The molecule has 0 atom stereocenters. The molecule has 0 amide bonds. The van der Waals surface area contributed by atoms with Crippen molar-refractivity contribution in [2.24, 2.45) is 5.41 Å². The second-order valence-electron chi connectivity index (χ2n) is 7.31. The first kappa shape index (κ1) is 15.7. The fraction of sp³-hybridized carbons (Fsp3) is 0.625. The summed E-state index contributed by atoms with van der Waals surface area (Å²) in [5.41, 5.74) is -0.434. The third-order valence-corrected chi connectivity index (χ3v) is 6.49. The van der Waals surface area contributed by atoms with Gasteiger partial charge in [-0.1, -0.05) is 0 Å². The molecule has 1 aromatic rings. The fourth-order valence-electron chi connectivity index (χ4n) is 3.68. The van der Waals surface area contributed by atoms with E-state index in [1.165, 1.54) is 12.1 Å². The number of hydrogen-bond acceptors (Lipinski definition) is 4. The van der Waals surface area contributed by atoms with Crippen molar-refractivity contribution in [3.05, 3.63) is 30.1 Å². The van der Waals surface area contributed by atoms with Gasteiger partial charge in [0.25, 0.3) is 0 Å². The molecule has 0 bridgehead atoms. The van der Waals surface area contributed by atoms with Gasteiger partial charge in [0.05, 0.1) is 11.5 Å². The van der Waals surface area contributed by atoms with Crippen LogP contribution in [0.4, 0.5) is 4.39 Å². The van der Waals surface area contributed by atoms with Crippen LogP contribution in [-0.2, 0) is 9.84 Å². The van der Waals surface area contributed by atoms with Crippen molar-refractivity contribution in [1.29, 1.82) is 0 Å². The third kappa shape index (κ3) is 3.43. The Morgan fingerprint density at radius 2 is 1.91 bits per heavy atom. The average Bonchev–Trinajstić information content (AvgIpc) is 2.73. The zero-order chi connectivity index (χ0) is 16.0. The molecule has 4 nitrogen and oxygen atoms in total. The summed E-state index contributed by atoms with van der Waals surface area (Å²) in [6.07, 6.45) is 0.943. The van der Waals surface area contributed by atoms with Gasteiger partial charge in [-0.3, -0.25) is 4.90 Å². The maximum absolute atomic E-state index is 12.9. The lowest BCUT2D eigenvalue weighted by molar-refractivity contribution is 0.0648. The van der Waals surface area contributed by atoms with Gasteiger partial charge in [-0.2, -0.15) is 0 Å². The molecule has 2 aliphatic rings. The SMILES string of the molecule is CC(C)(CN1CCC2(C1)CS(=O)(=O)C2)Oc1ccc(F)cc1. The molecule has 22 heavy (non-hydrogen) atoms. The summed E-state index contributed by atoms with van der Waals surface area (Å²) in [7, 11) is -2.79. The van der Waals surface area contributed by atoms with Crippen LogP contribution in [0, 0.1) is 11.2 Å². The second kappa shape index (κ2) is 5.20. The first-order chi connectivity index (χ1) is 10.2. The molecule has 122 valence electrons. The predicted molar refractivity (Wildman–Crippen MR) is 83.3 cm³/mol. The van der Waals surface area contributed by atoms with E-state index in [0.29, 0.717) is 17.3 Å². The molecule has 2 fully saturated rings. The molecule has 2 heterocycles. The topological polar surface area (TPSA) is 46.6 Å². The number of benzene rings is 1. The zero-order valence-electron chi connectivity index (χ0n) is 13.0. The number of sulfone groups is 1. The van der Waals surface area contributed by atoms with Gasteiger partial charge >= 0.3 is 0 Å². The smallest absolute Gasteiger partial charge is 0.151 e. The Bertz CT molecular complexity index is 642. The van der Waals surface area contributed by atoms with Crippen molar-refractivity contribution >= 4 is 9.84 Å². The van der Waals surface area contributed by atoms with Crippen LogP contribution in [0.1, 0.15) is 20.3 Å². The van der Waals surface area contributed by atoms with Crippen LogP contribution in [0.15, 0.2) is 24.3 Å². The molecule has 0 unspecified atom stereocenters. The van der Waals surface area contributed by atoms with E-state index in [9.17, 15) is 12.8 Å². The highest BCUT2D eigenvalue weighted by atomic mass is 32.2. The number of hydrogen-bond donors (Lipinski definition) is 0. The monoisotopic (exact) mass is 327 g/mol. The lowest BCUT2D eigenvalue weighted by Crippen LogP contribution is -2.51. The fourth-order valence-corrected chi connectivity index (χ4v) is 5.93. The molecule has 6 heteroatoms. The van der Waals surface area contributed by atoms with E-state index in [-0.39, 0.29) is 11.2 Å². The van der Waals surface area contributed by atoms with Gasteiger partial charge in [0.1, 0.15) is 17.2 Å². The Kier molecular flexibility index (Phi) is 3.72. The number of halogens is 1. The van der Waals surface area contributed by atoms with Crippen molar-refractivity contribution in [1.82, 2.24) is 4.90 Å². The van der Waals surface area contributed by atoms with E-state index in [0.717, 1.165) is 26.1 Å². The highest BCUT2D eigenvalue weighted by Gasteiger charge is 2.52. The lowest BCUT2D eigenvalue weighted by Gasteiger charge is -2.38. The summed E-state index contributed by atoms with van der Waals surface area (Å²) in [4.78, 5) is 2.28. The van der Waals surface area contributed by atoms with Crippen molar-refractivity contribution in [2.75, 3.05) is 31.1 Å². The number of ether oxygens (including phenoxy) is 1.